The first-order valence-corrected chi connectivity index (χ1v) is 9.40. The van der Waals surface area contributed by atoms with Crippen LogP contribution >= 0.6 is 12.2 Å². The van der Waals surface area contributed by atoms with Gasteiger partial charge in [0.05, 0.1) is 11.0 Å². The second-order valence-corrected chi connectivity index (χ2v) is 8.43. The highest BCUT2D eigenvalue weighted by molar-refractivity contribution is 7.80. The lowest BCUT2D eigenvalue weighted by Crippen LogP contribution is -2.55. The molecule has 2 unspecified atom stereocenters. The van der Waals surface area contributed by atoms with Crippen LogP contribution in [0.2, 0.25) is 0 Å². The molecule has 3 aliphatic rings. The lowest BCUT2D eigenvalue weighted by molar-refractivity contribution is 0.0157. The van der Waals surface area contributed by atoms with E-state index in [2.05, 4.69) is 29.2 Å². The second kappa shape index (κ2) is 6.87. The zero-order valence-corrected chi connectivity index (χ0v) is 15.7. The topological polar surface area (TPSA) is 32.8 Å². The molecule has 3 rings (SSSR count). The largest absolute Gasteiger partial charge is 0.444 e. The number of likely N-dealkylation sites (tertiary alicyclic amines) is 2. The van der Waals surface area contributed by atoms with Crippen molar-refractivity contribution in [3.05, 3.63) is 24.3 Å². The summed E-state index contributed by atoms with van der Waals surface area (Å²) < 4.78 is 5.49. The van der Waals surface area contributed by atoms with E-state index in [4.69, 9.17) is 17.0 Å². The first-order chi connectivity index (χ1) is 11.3. The van der Waals surface area contributed by atoms with Gasteiger partial charge in [-0.1, -0.05) is 36.5 Å². The summed E-state index contributed by atoms with van der Waals surface area (Å²) in [5.74, 6) is 0.575. The third-order valence-electron chi connectivity index (χ3n) is 5.03. The Morgan fingerprint density at radius 1 is 1.17 bits per heavy atom. The fraction of sp³-hybridized carbons (Fsp3) is 0.684. The Morgan fingerprint density at radius 2 is 1.83 bits per heavy atom. The van der Waals surface area contributed by atoms with Gasteiger partial charge in [0.2, 0.25) is 0 Å². The molecule has 24 heavy (non-hydrogen) atoms. The molecular formula is C19H28N2O2S. The van der Waals surface area contributed by atoms with Gasteiger partial charge >= 0.3 is 6.09 Å². The summed E-state index contributed by atoms with van der Waals surface area (Å²) in [5.41, 5.74) is -0.436. The summed E-state index contributed by atoms with van der Waals surface area (Å²) in [5, 5.41) is 0. The first-order valence-electron chi connectivity index (χ1n) is 8.99. The molecule has 2 heterocycles. The number of piperidine rings is 2. The number of thiocarbonyl (C=S) groups is 1. The highest BCUT2D eigenvalue weighted by Crippen LogP contribution is 2.34. The smallest absolute Gasteiger partial charge is 0.410 e. The van der Waals surface area contributed by atoms with E-state index in [1.54, 1.807) is 0 Å². The van der Waals surface area contributed by atoms with Crippen molar-refractivity contribution >= 4 is 23.3 Å². The Balaban J connectivity index is 1.61. The minimum atomic E-state index is -0.436. The van der Waals surface area contributed by atoms with Gasteiger partial charge in [0, 0.05) is 25.0 Å². The van der Waals surface area contributed by atoms with Gasteiger partial charge in [0.25, 0.3) is 0 Å². The predicted octanol–water partition coefficient (Wildman–Crippen LogP) is 3.92. The number of carbonyl (C=O) groups excluding carboxylic acids is 1. The van der Waals surface area contributed by atoms with Crippen LogP contribution in [0, 0.1) is 5.92 Å². The molecule has 0 aromatic carbocycles. The van der Waals surface area contributed by atoms with Crippen molar-refractivity contribution in [2.24, 2.45) is 5.92 Å². The van der Waals surface area contributed by atoms with Crippen molar-refractivity contribution in [3.8, 4) is 0 Å². The van der Waals surface area contributed by atoms with Crippen molar-refractivity contribution in [2.75, 3.05) is 13.1 Å². The van der Waals surface area contributed by atoms with E-state index in [0.717, 1.165) is 43.8 Å². The summed E-state index contributed by atoms with van der Waals surface area (Å²) in [6.45, 7) is 7.22. The molecule has 0 radical (unpaired) electrons. The fourth-order valence-electron chi connectivity index (χ4n) is 3.89. The van der Waals surface area contributed by atoms with E-state index in [-0.39, 0.29) is 6.09 Å². The van der Waals surface area contributed by atoms with Crippen LogP contribution in [0.5, 0.6) is 0 Å². The SMILES string of the molecule is CC(C)(C)OC(=O)N1CCC(N2C(=S)CCC3C=CC=CC32)CC1. The Labute approximate surface area is 150 Å². The van der Waals surface area contributed by atoms with Crippen LogP contribution in [0.3, 0.4) is 0 Å². The number of ether oxygens (including phenoxy) is 1. The lowest BCUT2D eigenvalue weighted by Gasteiger charge is -2.48. The van der Waals surface area contributed by atoms with E-state index in [1.165, 1.54) is 0 Å². The van der Waals surface area contributed by atoms with Crippen molar-refractivity contribution < 1.29 is 9.53 Å². The molecule has 0 bridgehead atoms. The van der Waals surface area contributed by atoms with E-state index in [0.29, 0.717) is 18.0 Å². The number of fused-ring (bicyclic) bond motifs is 1. The molecular weight excluding hydrogens is 320 g/mol. The number of amides is 1. The monoisotopic (exact) mass is 348 g/mol. The molecule has 0 aromatic rings. The molecule has 1 aliphatic carbocycles. The van der Waals surface area contributed by atoms with Gasteiger partial charge in [-0.3, -0.25) is 0 Å². The van der Waals surface area contributed by atoms with E-state index in [1.807, 2.05) is 25.7 Å². The normalized spacial score (nSPS) is 28.0. The Morgan fingerprint density at radius 3 is 2.50 bits per heavy atom. The van der Waals surface area contributed by atoms with Crippen molar-refractivity contribution in [2.45, 2.75) is 64.1 Å². The zero-order chi connectivity index (χ0) is 17.3. The molecule has 0 spiro atoms. The standard InChI is InChI=1S/C19H28N2O2S/c1-19(2,3)23-18(22)20-12-10-15(11-13-20)21-16-7-5-4-6-14(16)8-9-17(21)24/h4-7,14-16H,8-13H2,1-3H3. The van der Waals surface area contributed by atoms with Crippen LogP contribution < -0.4 is 0 Å². The summed E-state index contributed by atoms with van der Waals surface area (Å²) in [7, 11) is 0. The molecule has 0 saturated carbocycles. The van der Waals surface area contributed by atoms with Crippen LogP contribution in [0.25, 0.3) is 0 Å². The van der Waals surface area contributed by atoms with Crippen molar-refractivity contribution in [1.82, 2.24) is 9.80 Å². The molecule has 5 heteroatoms. The molecule has 2 saturated heterocycles. The molecule has 2 aliphatic heterocycles. The third kappa shape index (κ3) is 3.82. The predicted molar refractivity (Wildman–Crippen MR) is 100 cm³/mol. The Hall–Kier alpha value is -1.36. The molecule has 132 valence electrons. The molecule has 0 aromatic heterocycles. The molecule has 4 nitrogen and oxygen atoms in total. The van der Waals surface area contributed by atoms with Gasteiger partial charge in [-0.2, -0.15) is 0 Å². The van der Waals surface area contributed by atoms with Gasteiger partial charge in [-0.05, 0) is 46.5 Å². The number of hydrogen-bond donors (Lipinski definition) is 0. The molecule has 2 atom stereocenters. The first kappa shape index (κ1) is 17.5. The fourth-order valence-corrected chi connectivity index (χ4v) is 4.28. The van der Waals surface area contributed by atoms with Crippen LogP contribution in [0.1, 0.15) is 46.5 Å². The minimum Gasteiger partial charge on any atom is -0.444 e. The number of hydrogen-bond acceptors (Lipinski definition) is 3. The zero-order valence-electron chi connectivity index (χ0n) is 14.9. The van der Waals surface area contributed by atoms with Crippen LogP contribution in [0.15, 0.2) is 24.3 Å². The number of nitrogens with zero attached hydrogens (tertiary/aromatic N) is 2. The highest BCUT2D eigenvalue weighted by atomic mass is 32.1. The minimum absolute atomic E-state index is 0.194. The molecule has 2 fully saturated rings. The Bertz CT molecular complexity index is 556. The van der Waals surface area contributed by atoms with Gasteiger partial charge in [0.15, 0.2) is 0 Å². The van der Waals surface area contributed by atoms with Gasteiger partial charge in [0.1, 0.15) is 5.60 Å². The lowest BCUT2D eigenvalue weighted by atomic mass is 9.84. The molecule has 1 amide bonds. The van der Waals surface area contributed by atoms with Gasteiger partial charge < -0.3 is 14.5 Å². The van der Waals surface area contributed by atoms with Crippen LogP contribution in [0.4, 0.5) is 4.79 Å². The third-order valence-corrected chi connectivity index (χ3v) is 5.44. The summed E-state index contributed by atoms with van der Waals surface area (Å²) in [6.07, 6.45) is 12.8. The maximum Gasteiger partial charge on any atom is 0.410 e. The Kier molecular flexibility index (Phi) is 5.00. The average molecular weight is 349 g/mol. The second-order valence-electron chi connectivity index (χ2n) is 7.96. The van der Waals surface area contributed by atoms with E-state index in [9.17, 15) is 4.79 Å². The quantitative estimate of drug-likeness (QED) is 0.673. The van der Waals surface area contributed by atoms with E-state index < -0.39 is 5.60 Å². The number of rotatable bonds is 1. The van der Waals surface area contributed by atoms with Crippen molar-refractivity contribution in [3.63, 3.8) is 0 Å². The number of carbonyl (C=O) groups is 1. The molecule has 0 N–H and O–H groups in total. The van der Waals surface area contributed by atoms with Crippen LogP contribution in [-0.2, 0) is 4.74 Å². The highest BCUT2D eigenvalue weighted by Gasteiger charge is 2.38. The number of allylic oxidation sites excluding steroid dienone is 2. The van der Waals surface area contributed by atoms with E-state index >= 15 is 0 Å². The summed E-state index contributed by atoms with van der Waals surface area (Å²) in [4.78, 5) is 17.6. The summed E-state index contributed by atoms with van der Waals surface area (Å²) >= 11 is 5.69. The van der Waals surface area contributed by atoms with Crippen LogP contribution in [-0.4, -0.2) is 51.7 Å². The van der Waals surface area contributed by atoms with Crippen molar-refractivity contribution in [1.29, 1.82) is 0 Å². The van der Waals surface area contributed by atoms with Gasteiger partial charge in [-0.25, -0.2) is 4.79 Å². The van der Waals surface area contributed by atoms with Gasteiger partial charge in [-0.15, -0.1) is 0 Å². The average Bonchev–Trinajstić information content (AvgIpc) is 2.53. The summed E-state index contributed by atoms with van der Waals surface area (Å²) in [6, 6.07) is 0.828. The maximum absolute atomic E-state index is 12.2. The maximum atomic E-state index is 12.2.